The first-order valence-electron chi connectivity index (χ1n) is 5.10. The van der Waals surface area contributed by atoms with Gasteiger partial charge in [-0.3, -0.25) is 4.79 Å². The summed E-state index contributed by atoms with van der Waals surface area (Å²) in [6, 6.07) is 6.15. The van der Waals surface area contributed by atoms with E-state index in [9.17, 15) is 4.79 Å². The second kappa shape index (κ2) is 3.45. The van der Waals surface area contributed by atoms with Crippen molar-refractivity contribution in [3.63, 3.8) is 0 Å². The van der Waals surface area contributed by atoms with Crippen LogP contribution in [0.3, 0.4) is 0 Å². The van der Waals surface area contributed by atoms with Crippen LogP contribution in [0.2, 0.25) is 0 Å². The normalized spacial score (nSPS) is 15.2. The zero-order valence-electron chi connectivity index (χ0n) is 8.63. The van der Waals surface area contributed by atoms with Gasteiger partial charge in [0.05, 0.1) is 0 Å². The van der Waals surface area contributed by atoms with E-state index in [0.29, 0.717) is 5.92 Å². The van der Waals surface area contributed by atoms with Crippen molar-refractivity contribution in [2.75, 3.05) is 6.54 Å². The van der Waals surface area contributed by atoms with E-state index in [1.807, 2.05) is 6.07 Å². The Morgan fingerprint density at radius 3 is 2.86 bits per heavy atom. The van der Waals surface area contributed by atoms with Crippen molar-refractivity contribution in [1.82, 2.24) is 5.32 Å². The van der Waals surface area contributed by atoms with Gasteiger partial charge >= 0.3 is 0 Å². The van der Waals surface area contributed by atoms with Crippen LogP contribution in [0.4, 0.5) is 0 Å². The molecule has 1 N–H and O–H groups in total. The first-order valence-corrected chi connectivity index (χ1v) is 5.10. The maximum absolute atomic E-state index is 11.7. The Hall–Kier alpha value is -1.31. The lowest BCUT2D eigenvalue weighted by atomic mass is 9.90. The quantitative estimate of drug-likeness (QED) is 0.720. The largest absolute Gasteiger partial charge is 0.352 e. The van der Waals surface area contributed by atoms with Crippen molar-refractivity contribution >= 4 is 5.91 Å². The smallest absolute Gasteiger partial charge is 0.251 e. The van der Waals surface area contributed by atoms with E-state index >= 15 is 0 Å². The summed E-state index contributed by atoms with van der Waals surface area (Å²) in [6.45, 7) is 5.02. The first kappa shape index (κ1) is 9.25. The Bertz CT molecular complexity index is 369. The monoisotopic (exact) mass is 189 g/mol. The molecular formula is C12H15NO. The molecule has 1 aromatic carbocycles. The number of nitrogens with one attached hydrogen (secondary N) is 1. The lowest BCUT2D eigenvalue weighted by Crippen LogP contribution is -2.33. The molecule has 0 atom stereocenters. The van der Waals surface area contributed by atoms with Gasteiger partial charge in [0.2, 0.25) is 0 Å². The van der Waals surface area contributed by atoms with E-state index in [1.165, 1.54) is 11.1 Å². The van der Waals surface area contributed by atoms with E-state index in [2.05, 4.69) is 31.3 Å². The Kier molecular flexibility index (Phi) is 2.28. The molecule has 14 heavy (non-hydrogen) atoms. The zero-order valence-corrected chi connectivity index (χ0v) is 8.63. The van der Waals surface area contributed by atoms with Crippen molar-refractivity contribution in [2.45, 2.75) is 26.2 Å². The molecule has 0 radical (unpaired) electrons. The molecule has 0 saturated heterocycles. The fourth-order valence-electron chi connectivity index (χ4n) is 1.99. The molecule has 1 aliphatic rings. The van der Waals surface area contributed by atoms with E-state index < -0.39 is 0 Å². The molecule has 0 bridgehead atoms. The van der Waals surface area contributed by atoms with Crippen LogP contribution >= 0.6 is 0 Å². The summed E-state index contributed by atoms with van der Waals surface area (Å²) in [5.41, 5.74) is 3.27. The topological polar surface area (TPSA) is 29.1 Å². The van der Waals surface area contributed by atoms with Gasteiger partial charge in [-0.2, -0.15) is 0 Å². The highest BCUT2D eigenvalue weighted by Gasteiger charge is 2.20. The van der Waals surface area contributed by atoms with E-state index in [1.54, 1.807) is 0 Å². The predicted molar refractivity (Wildman–Crippen MR) is 56.6 cm³/mol. The molecule has 2 nitrogen and oxygen atoms in total. The van der Waals surface area contributed by atoms with E-state index in [0.717, 1.165) is 18.5 Å². The number of carbonyl (C=O) groups excluding carboxylic acids is 1. The van der Waals surface area contributed by atoms with Gasteiger partial charge in [0.1, 0.15) is 0 Å². The summed E-state index contributed by atoms with van der Waals surface area (Å²) in [6.07, 6.45) is 0.960. The number of hydrogen-bond donors (Lipinski definition) is 1. The minimum atomic E-state index is 0.0931. The maximum atomic E-state index is 11.7. The first-order chi connectivity index (χ1) is 6.70. The molecular weight excluding hydrogens is 174 g/mol. The molecule has 1 aliphatic heterocycles. The molecule has 1 heterocycles. The number of benzene rings is 1. The number of rotatable bonds is 1. The average Bonchev–Trinajstić information content (AvgIpc) is 2.17. The molecule has 74 valence electrons. The van der Waals surface area contributed by atoms with Crippen molar-refractivity contribution in [2.24, 2.45) is 0 Å². The van der Waals surface area contributed by atoms with Crippen LogP contribution in [0.25, 0.3) is 0 Å². The standard InChI is InChI=1S/C12H15NO/c1-8(2)10-5-3-4-9-6-7-13-12(14)11(9)10/h3-5,8H,6-7H2,1-2H3,(H,13,14). The fraction of sp³-hybridized carbons (Fsp3) is 0.417. The number of carbonyl (C=O) groups is 1. The van der Waals surface area contributed by atoms with Gasteiger partial charge in [0.25, 0.3) is 5.91 Å². The second-order valence-corrected chi connectivity index (χ2v) is 4.04. The Balaban J connectivity index is 2.57. The van der Waals surface area contributed by atoms with Crippen LogP contribution in [0.5, 0.6) is 0 Å². The lowest BCUT2D eigenvalue weighted by molar-refractivity contribution is 0.0944. The van der Waals surface area contributed by atoms with E-state index in [-0.39, 0.29) is 5.91 Å². The predicted octanol–water partition coefficient (Wildman–Crippen LogP) is 2.10. The minimum absolute atomic E-state index is 0.0931. The molecule has 1 aromatic rings. The maximum Gasteiger partial charge on any atom is 0.251 e. The summed E-state index contributed by atoms with van der Waals surface area (Å²) in [5.74, 6) is 0.504. The molecule has 2 heteroatoms. The fourth-order valence-corrected chi connectivity index (χ4v) is 1.99. The Morgan fingerprint density at radius 2 is 2.14 bits per heavy atom. The van der Waals surface area contributed by atoms with Crippen LogP contribution < -0.4 is 5.32 Å². The van der Waals surface area contributed by atoms with Gasteiger partial charge < -0.3 is 5.32 Å². The van der Waals surface area contributed by atoms with Gasteiger partial charge in [0, 0.05) is 12.1 Å². The van der Waals surface area contributed by atoms with Crippen LogP contribution in [0.15, 0.2) is 18.2 Å². The van der Waals surface area contributed by atoms with Crippen molar-refractivity contribution in [1.29, 1.82) is 0 Å². The molecule has 0 spiro atoms. The Labute approximate surface area is 84.3 Å². The third-order valence-electron chi connectivity index (χ3n) is 2.71. The summed E-state index contributed by atoms with van der Waals surface area (Å²) in [5, 5.41) is 2.89. The molecule has 2 rings (SSSR count). The Morgan fingerprint density at radius 1 is 1.36 bits per heavy atom. The highest BCUT2D eigenvalue weighted by molar-refractivity contribution is 5.98. The third kappa shape index (κ3) is 1.41. The SMILES string of the molecule is CC(C)c1cccc2c1C(=O)NCC2. The summed E-state index contributed by atoms with van der Waals surface area (Å²) in [4.78, 5) is 11.7. The van der Waals surface area contributed by atoms with Gasteiger partial charge in [0.15, 0.2) is 0 Å². The molecule has 0 aromatic heterocycles. The molecule has 0 saturated carbocycles. The van der Waals surface area contributed by atoms with Crippen molar-refractivity contribution in [3.8, 4) is 0 Å². The molecule has 0 unspecified atom stereocenters. The molecule has 1 amide bonds. The number of amides is 1. The van der Waals surface area contributed by atoms with Crippen LogP contribution in [0, 0.1) is 0 Å². The van der Waals surface area contributed by atoms with Crippen molar-refractivity contribution in [3.05, 3.63) is 34.9 Å². The highest BCUT2D eigenvalue weighted by Crippen LogP contribution is 2.24. The van der Waals surface area contributed by atoms with Crippen molar-refractivity contribution < 1.29 is 4.79 Å². The molecule has 0 aliphatic carbocycles. The highest BCUT2D eigenvalue weighted by atomic mass is 16.1. The van der Waals surface area contributed by atoms with Crippen LogP contribution in [0.1, 0.15) is 41.3 Å². The van der Waals surface area contributed by atoms with Crippen LogP contribution in [-0.4, -0.2) is 12.5 Å². The number of fused-ring (bicyclic) bond motifs is 1. The number of hydrogen-bond acceptors (Lipinski definition) is 1. The van der Waals surface area contributed by atoms with Gasteiger partial charge in [-0.05, 0) is 23.5 Å². The second-order valence-electron chi connectivity index (χ2n) is 4.04. The summed E-state index contributed by atoms with van der Waals surface area (Å²) >= 11 is 0. The lowest BCUT2D eigenvalue weighted by Gasteiger charge is -2.21. The third-order valence-corrected chi connectivity index (χ3v) is 2.71. The van der Waals surface area contributed by atoms with Crippen LogP contribution in [-0.2, 0) is 6.42 Å². The summed E-state index contributed by atoms with van der Waals surface area (Å²) in [7, 11) is 0. The minimum Gasteiger partial charge on any atom is -0.352 e. The van der Waals surface area contributed by atoms with E-state index in [4.69, 9.17) is 0 Å². The van der Waals surface area contributed by atoms with Gasteiger partial charge in [-0.1, -0.05) is 32.0 Å². The van der Waals surface area contributed by atoms with Gasteiger partial charge in [-0.25, -0.2) is 0 Å². The summed E-state index contributed by atoms with van der Waals surface area (Å²) < 4.78 is 0. The molecule has 0 fully saturated rings. The van der Waals surface area contributed by atoms with Gasteiger partial charge in [-0.15, -0.1) is 0 Å². The zero-order chi connectivity index (χ0) is 10.1. The average molecular weight is 189 g/mol.